The lowest BCUT2D eigenvalue weighted by atomic mass is 10.2. The maximum absolute atomic E-state index is 12.0. The third-order valence-corrected chi connectivity index (χ3v) is 2.96. The number of carbonyl (C=O) groups is 1. The summed E-state index contributed by atoms with van der Waals surface area (Å²) in [5.74, 6) is 0.442. The Morgan fingerprint density at radius 2 is 1.90 bits per heavy atom. The largest absolute Gasteiger partial charge is 0.484 e. The number of hydrogen-bond donors (Lipinski definition) is 1. The first-order chi connectivity index (χ1) is 9.70. The first-order valence-corrected chi connectivity index (χ1v) is 6.35. The average Bonchev–Trinajstić information content (AvgIpc) is 2.53. The number of nitrogens with zero attached hydrogens (tertiary/aromatic N) is 1. The second kappa shape index (κ2) is 6.73. The van der Waals surface area contributed by atoms with Gasteiger partial charge in [-0.3, -0.25) is 4.79 Å². The van der Waals surface area contributed by atoms with Crippen LogP contribution in [0.4, 0.5) is 5.69 Å². The van der Waals surface area contributed by atoms with Crippen LogP contribution in [0.5, 0.6) is 5.75 Å². The predicted molar refractivity (Wildman–Crippen MR) is 77.7 cm³/mol. The molecule has 1 N–H and O–H groups in total. The van der Waals surface area contributed by atoms with Crippen molar-refractivity contribution in [3.05, 3.63) is 60.2 Å². The Labute approximate surface area is 118 Å². The number of likely N-dealkylation sites (N-methyl/N-ethyl adjacent to an activating group) is 1. The fourth-order valence-corrected chi connectivity index (χ4v) is 1.77. The van der Waals surface area contributed by atoms with Crippen LogP contribution in [0, 0.1) is 0 Å². The Hall–Kier alpha value is -2.33. The normalized spacial score (nSPS) is 10.1. The fourth-order valence-electron chi connectivity index (χ4n) is 1.77. The topological polar surface area (TPSA) is 49.8 Å². The van der Waals surface area contributed by atoms with Crippen LogP contribution in [0.3, 0.4) is 0 Å². The van der Waals surface area contributed by atoms with E-state index in [1.807, 2.05) is 30.3 Å². The van der Waals surface area contributed by atoms with Gasteiger partial charge in [-0.1, -0.05) is 30.3 Å². The zero-order valence-electron chi connectivity index (χ0n) is 11.3. The summed E-state index contributed by atoms with van der Waals surface area (Å²) in [7, 11) is 1.71. The van der Waals surface area contributed by atoms with Crippen LogP contribution >= 0.6 is 0 Å². The molecule has 0 spiro atoms. The molecule has 2 rings (SSSR count). The van der Waals surface area contributed by atoms with Crippen molar-refractivity contribution in [3.8, 4) is 5.75 Å². The number of para-hydroxylation sites is 1. The smallest absolute Gasteiger partial charge is 0.264 e. The van der Waals surface area contributed by atoms with Gasteiger partial charge in [0.05, 0.1) is 6.61 Å². The van der Waals surface area contributed by atoms with E-state index in [4.69, 9.17) is 9.84 Å². The lowest BCUT2D eigenvalue weighted by Crippen LogP contribution is -2.31. The highest BCUT2D eigenvalue weighted by atomic mass is 16.5. The summed E-state index contributed by atoms with van der Waals surface area (Å²) in [4.78, 5) is 13.6. The minimum atomic E-state index is -0.134. The number of benzene rings is 2. The lowest BCUT2D eigenvalue weighted by molar-refractivity contribution is -0.120. The fraction of sp³-hybridized carbons (Fsp3) is 0.188. The van der Waals surface area contributed by atoms with E-state index in [2.05, 4.69) is 0 Å². The predicted octanol–water partition coefficient (Wildman–Crippen LogP) is 2.22. The molecular weight excluding hydrogens is 254 g/mol. The van der Waals surface area contributed by atoms with Crippen LogP contribution < -0.4 is 9.64 Å². The number of aliphatic hydroxyl groups is 1. The maximum atomic E-state index is 12.0. The van der Waals surface area contributed by atoms with Crippen LogP contribution in [-0.2, 0) is 11.4 Å². The molecule has 0 saturated carbocycles. The van der Waals surface area contributed by atoms with Gasteiger partial charge in [0.2, 0.25) is 0 Å². The summed E-state index contributed by atoms with van der Waals surface area (Å²) >= 11 is 0. The summed E-state index contributed by atoms with van der Waals surface area (Å²) in [6.45, 7) is -0.0880. The van der Waals surface area contributed by atoms with E-state index in [9.17, 15) is 4.79 Å². The van der Waals surface area contributed by atoms with Gasteiger partial charge in [-0.2, -0.15) is 0 Å². The van der Waals surface area contributed by atoms with Crippen LogP contribution in [0.15, 0.2) is 54.6 Å². The average molecular weight is 271 g/mol. The minimum absolute atomic E-state index is 0.0414. The van der Waals surface area contributed by atoms with Crippen molar-refractivity contribution in [1.82, 2.24) is 0 Å². The van der Waals surface area contributed by atoms with Gasteiger partial charge in [-0.15, -0.1) is 0 Å². The number of rotatable bonds is 5. The molecule has 2 aromatic rings. The number of hydrogen-bond acceptors (Lipinski definition) is 3. The Balaban J connectivity index is 1.95. The van der Waals surface area contributed by atoms with Crippen molar-refractivity contribution in [2.75, 3.05) is 18.6 Å². The van der Waals surface area contributed by atoms with E-state index in [0.29, 0.717) is 5.75 Å². The summed E-state index contributed by atoms with van der Waals surface area (Å²) in [5, 5.41) is 9.05. The van der Waals surface area contributed by atoms with Crippen molar-refractivity contribution in [2.45, 2.75) is 6.61 Å². The molecule has 0 aliphatic carbocycles. The number of ether oxygens (including phenoxy) is 1. The number of amides is 1. The van der Waals surface area contributed by atoms with Gasteiger partial charge in [0.25, 0.3) is 5.91 Å². The third kappa shape index (κ3) is 3.59. The van der Waals surface area contributed by atoms with E-state index < -0.39 is 0 Å². The minimum Gasteiger partial charge on any atom is -0.484 e. The van der Waals surface area contributed by atoms with Gasteiger partial charge in [0.1, 0.15) is 5.75 Å². The van der Waals surface area contributed by atoms with Gasteiger partial charge in [-0.25, -0.2) is 0 Å². The standard InChI is InChI=1S/C16H17NO3/c1-17(14-7-3-2-4-8-14)16(19)12-20-15-9-5-6-13(10-15)11-18/h2-10,18H,11-12H2,1H3. The molecule has 1 amide bonds. The maximum Gasteiger partial charge on any atom is 0.264 e. The van der Waals surface area contributed by atoms with Crippen molar-refractivity contribution < 1.29 is 14.6 Å². The first-order valence-electron chi connectivity index (χ1n) is 6.35. The second-order valence-corrected chi connectivity index (χ2v) is 4.38. The summed E-state index contributed by atoms with van der Waals surface area (Å²) < 4.78 is 5.45. The van der Waals surface area contributed by atoms with Crippen molar-refractivity contribution >= 4 is 11.6 Å². The molecule has 0 radical (unpaired) electrons. The van der Waals surface area contributed by atoms with Crippen LogP contribution in [0.25, 0.3) is 0 Å². The molecule has 0 unspecified atom stereocenters. The highest BCUT2D eigenvalue weighted by Crippen LogP contribution is 2.15. The van der Waals surface area contributed by atoms with Gasteiger partial charge in [-0.05, 0) is 29.8 Å². The molecule has 20 heavy (non-hydrogen) atoms. The molecular formula is C16H17NO3. The Morgan fingerprint density at radius 3 is 2.60 bits per heavy atom. The van der Waals surface area contributed by atoms with Gasteiger partial charge < -0.3 is 14.7 Å². The Kier molecular flexibility index (Phi) is 4.74. The zero-order chi connectivity index (χ0) is 14.4. The van der Waals surface area contributed by atoms with Crippen LogP contribution in [0.2, 0.25) is 0 Å². The third-order valence-electron chi connectivity index (χ3n) is 2.96. The molecule has 0 saturated heterocycles. The molecule has 0 heterocycles. The van der Waals surface area contributed by atoms with Crippen LogP contribution in [-0.4, -0.2) is 24.7 Å². The number of anilines is 1. The van der Waals surface area contributed by atoms with Crippen molar-refractivity contribution in [2.24, 2.45) is 0 Å². The van der Waals surface area contributed by atoms with Crippen molar-refractivity contribution in [1.29, 1.82) is 0 Å². The van der Waals surface area contributed by atoms with E-state index in [1.165, 1.54) is 0 Å². The second-order valence-electron chi connectivity index (χ2n) is 4.38. The first kappa shape index (κ1) is 14.1. The molecule has 104 valence electrons. The molecule has 0 aromatic heterocycles. The number of aliphatic hydroxyl groups excluding tert-OH is 1. The summed E-state index contributed by atoms with van der Waals surface area (Å²) in [6.07, 6.45) is 0. The van der Waals surface area contributed by atoms with E-state index >= 15 is 0 Å². The highest BCUT2D eigenvalue weighted by Gasteiger charge is 2.11. The Bertz CT molecular complexity index is 569. The molecule has 4 heteroatoms. The Morgan fingerprint density at radius 1 is 1.15 bits per heavy atom. The van der Waals surface area contributed by atoms with Gasteiger partial charge in [0.15, 0.2) is 6.61 Å². The summed E-state index contributed by atoms with van der Waals surface area (Å²) in [6, 6.07) is 16.4. The van der Waals surface area contributed by atoms with E-state index in [0.717, 1.165) is 11.3 Å². The van der Waals surface area contributed by atoms with Crippen LogP contribution in [0.1, 0.15) is 5.56 Å². The van der Waals surface area contributed by atoms with Crippen molar-refractivity contribution in [3.63, 3.8) is 0 Å². The zero-order valence-corrected chi connectivity index (χ0v) is 11.3. The SMILES string of the molecule is CN(C(=O)COc1cccc(CO)c1)c1ccccc1. The lowest BCUT2D eigenvalue weighted by Gasteiger charge is -2.17. The van der Waals surface area contributed by atoms with Gasteiger partial charge in [0, 0.05) is 12.7 Å². The molecule has 0 fully saturated rings. The van der Waals surface area contributed by atoms with Gasteiger partial charge >= 0.3 is 0 Å². The molecule has 2 aromatic carbocycles. The molecule has 0 aliphatic rings. The quantitative estimate of drug-likeness (QED) is 0.907. The highest BCUT2D eigenvalue weighted by molar-refractivity contribution is 5.93. The van der Waals surface area contributed by atoms with E-state index in [-0.39, 0.29) is 19.1 Å². The monoisotopic (exact) mass is 271 g/mol. The summed E-state index contributed by atoms with van der Waals surface area (Å²) in [5.41, 5.74) is 1.58. The molecule has 4 nitrogen and oxygen atoms in total. The molecule has 0 atom stereocenters. The molecule has 0 aliphatic heterocycles. The number of carbonyl (C=O) groups excluding carboxylic acids is 1. The van der Waals surface area contributed by atoms with E-state index in [1.54, 1.807) is 36.2 Å². The molecule has 0 bridgehead atoms.